The van der Waals surface area contributed by atoms with Crippen molar-refractivity contribution in [2.24, 2.45) is 4.99 Å². The maximum atomic E-state index is 10.6. The number of benzene rings is 1. The minimum atomic E-state index is -0.791. The Hall–Kier alpha value is -2.65. The Kier molecular flexibility index (Phi) is 8.70. The van der Waals surface area contributed by atoms with Crippen LogP contribution in [-0.2, 0) is 0 Å². The van der Waals surface area contributed by atoms with E-state index in [4.69, 9.17) is 4.74 Å². The van der Waals surface area contributed by atoms with Gasteiger partial charge in [0, 0.05) is 36.0 Å². The number of nitrogens with one attached hydrogen (secondary N) is 2. The summed E-state index contributed by atoms with van der Waals surface area (Å²) in [5, 5.41) is 29.2. The maximum Gasteiger partial charge on any atom is 0.269 e. The van der Waals surface area contributed by atoms with Gasteiger partial charge >= 0.3 is 0 Å². The highest BCUT2D eigenvalue weighted by atomic mass is 32.1. The number of hydrogen-bond acceptors (Lipinski definition) is 6. The van der Waals surface area contributed by atoms with Gasteiger partial charge in [0.15, 0.2) is 5.96 Å². The van der Waals surface area contributed by atoms with Gasteiger partial charge in [-0.3, -0.25) is 15.1 Å². The molecule has 2 unspecified atom stereocenters. The van der Waals surface area contributed by atoms with Crippen molar-refractivity contribution in [3.63, 3.8) is 0 Å². The van der Waals surface area contributed by atoms with E-state index in [1.54, 1.807) is 11.3 Å². The topological polar surface area (TPSA) is 109 Å². The van der Waals surface area contributed by atoms with E-state index in [0.717, 1.165) is 6.54 Å². The highest BCUT2D eigenvalue weighted by molar-refractivity contribution is 7.10. The lowest BCUT2D eigenvalue weighted by molar-refractivity contribution is -0.384. The zero-order valence-corrected chi connectivity index (χ0v) is 16.8. The van der Waals surface area contributed by atoms with Crippen molar-refractivity contribution in [2.45, 2.75) is 25.9 Å². The third kappa shape index (κ3) is 7.16. The SMILES string of the molecule is CCNC(=NCC(O)COc1ccc([N+](=O)[O-])cc1)NCC(C)c1cccs1. The molecule has 0 aliphatic heterocycles. The van der Waals surface area contributed by atoms with E-state index in [9.17, 15) is 15.2 Å². The molecule has 0 aliphatic rings. The number of hydrogen-bond donors (Lipinski definition) is 3. The van der Waals surface area contributed by atoms with Crippen LogP contribution >= 0.6 is 11.3 Å². The fourth-order valence-electron chi connectivity index (χ4n) is 2.37. The smallest absolute Gasteiger partial charge is 0.269 e. The Balaban J connectivity index is 1.79. The molecule has 28 heavy (non-hydrogen) atoms. The molecular weight excluding hydrogens is 380 g/mol. The minimum absolute atomic E-state index is 0.00405. The summed E-state index contributed by atoms with van der Waals surface area (Å²) in [5.74, 6) is 1.46. The number of nitro benzene ring substituents is 1. The first-order valence-corrected chi connectivity index (χ1v) is 9.98. The number of aliphatic hydroxyl groups is 1. The largest absolute Gasteiger partial charge is 0.491 e. The van der Waals surface area contributed by atoms with Crippen LogP contribution in [0.5, 0.6) is 5.75 Å². The molecule has 3 N–H and O–H groups in total. The predicted molar refractivity (Wildman–Crippen MR) is 111 cm³/mol. The van der Waals surface area contributed by atoms with Crippen LogP contribution < -0.4 is 15.4 Å². The molecule has 8 nitrogen and oxygen atoms in total. The van der Waals surface area contributed by atoms with Crippen LogP contribution in [0.3, 0.4) is 0 Å². The quantitative estimate of drug-likeness (QED) is 0.242. The van der Waals surface area contributed by atoms with Crippen molar-refractivity contribution in [1.29, 1.82) is 0 Å². The van der Waals surface area contributed by atoms with Crippen LogP contribution in [0.15, 0.2) is 46.8 Å². The summed E-state index contributed by atoms with van der Waals surface area (Å²) in [6.07, 6.45) is -0.791. The molecule has 0 saturated carbocycles. The van der Waals surface area contributed by atoms with Crippen LogP contribution in [-0.4, -0.2) is 48.3 Å². The second-order valence-corrected chi connectivity index (χ2v) is 7.21. The lowest BCUT2D eigenvalue weighted by atomic mass is 10.1. The monoisotopic (exact) mass is 406 g/mol. The van der Waals surface area contributed by atoms with Crippen molar-refractivity contribution in [3.05, 3.63) is 56.8 Å². The summed E-state index contributed by atoms with van der Waals surface area (Å²) in [5.41, 5.74) is -0.00405. The van der Waals surface area contributed by atoms with E-state index >= 15 is 0 Å². The van der Waals surface area contributed by atoms with Gasteiger partial charge in [-0.25, -0.2) is 0 Å². The van der Waals surface area contributed by atoms with Gasteiger partial charge in [0.05, 0.1) is 11.5 Å². The van der Waals surface area contributed by atoms with E-state index in [-0.39, 0.29) is 18.8 Å². The Morgan fingerprint density at radius 1 is 1.32 bits per heavy atom. The average molecular weight is 407 g/mol. The van der Waals surface area contributed by atoms with Gasteiger partial charge in [0.25, 0.3) is 5.69 Å². The second-order valence-electron chi connectivity index (χ2n) is 6.23. The zero-order valence-electron chi connectivity index (χ0n) is 16.0. The molecule has 152 valence electrons. The van der Waals surface area contributed by atoms with Crippen LogP contribution in [0.25, 0.3) is 0 Å². The van der Waals surface area contributed by atoms with Crippen LogP contribution in [0.4, 0.5) is 5.69 Å². The molecule has 1 aromatic carbocycles. The van der Waals surface area contributed by atoms with Crippen molar-refractivity contribution in [1.82, 2.24) is 10.6 Å². The van der Waals surface area contributed by atoms with Gasteiger partial charge in [0.1, 0.15) is 18.5 Å². The van der Waals surface area contributed by atoms with E-state index in [1.807, 2.05) is 13.0 Å². The number of nitro groups is 1. The molecule has 0 bridgehead atoms. The molecule has 0 spiro atoms. The van der Waals surface area contributed by atoms with Gasteiger partial charge in [-0.15, -0.1) is 11.3 Å². The number of nitrogens with zero attached hydrogens (tertiary/aromatic N) is 2. The third-order valence-electron chi connectivity index (χ3n) is 3.90. The Morgan fingerprint density at radius 2 is 2.07 bits per heavy atom. The number of aliphatic hydroxyl groups excluding tert-OH is 1. The second kappa shape index (κ2) is 11.3. The summed E-state index contributed by atoms with van der Waals surface area (Å²) in [7, 11) is 0. The molecule has 0 fully saturated rings. The lowest BCUT2D eigenvalue weighted by Crippen LogP contribution is -2.39. The number of rotatable bonds is 10. The first-order valence-electron chi connectivity index (χ1n) is 9.10. The van der Waals surface area contributed by atoms with Crippen LogP contribution in [0.2, 0.25) is 0 Å². The van der Waals surface area contributed by atoms with E-state index < -0.39 is 11.0 Å². The summed E-state index contributed by atoms with van der Waals surface area (Å²) in [6, 6.07) is 9.89. The molecular formula is C19H26N4O4S. The molecule has 0 saturated heterocycles. The maximum absolute atomic E-state index is 10.6. The standard InChI is InChI=1S/C19H26N4O4S/c1-3-20-19(21-11-14(2)18-5-4-10-28-18)22-12-16(24)13-27-17-8-6-15(7-9-17)23(25)26/h4-10,14,16,24H,3,11-13H2,1-2H3,(H2,20,21,22). The molecule has 0 amide bonds. The van der Waals surface area contributed by atoms with Gasteiger partial charge < -0.3 is 20.5 Å². The van der Waals surface area contributed by atoms with Gasteiger partial charge in [-0.05, 0) is 30.5 Å². The van der Waals surface area contributed by atoms with E-state index in [1.165, 1.54) is 29.1 Å². The number of aliphatic imine (C=N–C) groups is 1. The molecule has 1 aromatic heterocycles. The minimum Gasteiger partial charge on any atom is -0.491 e. The number of thiophene rings is 1. The Morgan fingerprint density at radius 3 is 2.68 bits per heavy atom. The van der Waals surface area contributed by atoms with Gasteiger partial charge in [-0.1, -0.05) is 13.0 Å². The third-order valence-corrected chi connectivity index (χ3v) is 5.00. The number of ether oxygens (including phenoxy) is 1. The van der Waals surface area contributed by atoms with Crippen molar-refractivity contribution < 1.29 is 14.8 Å². The molecule has 0 radical (unpaired) electrons. The van der Waals surface area contributed by atoms with Crippen molar-refractivity contribution in [3.8, 4) is 5.75 Å². The Bertz CT molecular complexity index is 750. The molecule has 2 aromatic rings. The highest BCUT2D eigenvalue weighted by Gasteiger charge is 2.10. The van der Waals surface area contributed by atoms with Crippen LogP contribution in [0.1, 0.15) is 24.6 Å². The van der Waals surface area contributed by atoms with Crippen molar-refractivity contribution in [2.75, 3.05) is 26.2 Å². The fraction of sp³-hybridized carbons (Fsp3) is 0.421. The Labute approximate surface area is 168 Å². The molecule has 9 heteroatoms. The molecule has 2 rings (SSSR count). The predicted octanol–water partition coefficient (Wildman–Crippen LogP) is 2.75. The summed E-state index contributed by atoms with van der Waals surface area (Å²) >= 11 is 1.73. The molecule has 1 heterocycles. The van der Waals surface area contributed by atoms with E-state index in [2.05, 4.69) is 34.0 Å². The fourth-order valence-corrected chi connectivity index (χ4v) is 3.16. The lowest BCUT2D eigenvalue weighted by Gasteiger charge is -2.16. The zero-order chi connectivity index (χ0) is 20.4. The summed E-state index contributed by atoms with van der Waals surface area (Å²) in [6.45, 7) is 5.81. The van der Waals surface area contributed by atoms with Gasteiger partial charge in [0.2, 0.25) is 0 Å². The number of non-ortho nitro benzene ring substituents is 1. The van der Waals surface area contributed by atoms with E-state index in [0.29, 0.717) is 24.2 Å². The number of guanidine groups is 1. The summed E-state index contributed by atoms with van der Waals surface area (Å²) in [4.78, 5) is 15.9. The van der Waals surface area contributed by atoms with Crippen LogP contribution in [0, 0.1) is 10.1 Å². The first-order chi connectivity index (χ1) is 13.5. The summed E-state index contributed by atoms with van der Waals surface area (Å²) < 4.78 is 5.46. The molecule has 2 atom stereocenters. The van der Waals surface area contributed by atoms with Gasteiger partial charge in [-0.2, -0.15) is 0 Å². The normalized spacial score (nSPS) is 13.6. The highest BCUT2D eigenvalue weighted by Crippen LogP contribution is 2.19. The first kappa shape index (κ1) is 21.6. The molecule has 0 aliphatic carbocycles. The van der Waals surface area contributed by atoms with Crippen molar-refractivity contribution >= 4 is 23.0 Å². The average Bonchev–Trinajstić information content (AvgIpc) is 3.23.